The predicted octanol–water partition coefficient (Wildman–Crippen LogP) is 3.85. The van der Waals surface area contributed by atoms with E-state index in [0.717, 1.165) is 17.2 Å². The zero-order valence-electron chi connectivity index (χ0n) is 13.1. The smallest absolute Gasteiger partial charge is 0.248 e. The van der Waals surface area contributed by atoms with Crippen molar-refractivity contribution in [1.82, 2.24) is 15.0 Å². The monoisotopic (exact) mass is 330 g/mol. The average Bonchev–Trinajstić information content (AvgIpc) is 2.65. The largest absolute Gasteiger partial charge is 0.457 e. The van der Waals surface area contributed by atoms with Crippen molar-refractivity contribution in [3.63, 3.8) is 0 Å². The molecule has 4 aromatic rings. The summed E-state index contributed by atoms with van der Waals surface area (Å²) >= 11 is 0. The van der Waals surface area contributed by atoms with E-state index in [1.54, 1.807) is 6.20 Å². The number of rotatable bonds is 4. The van der Waals surface area contributed by atoms with Crippen LogP contribution in [0.4, 0.5) is 11.5 Å². The Hall–Kier alpha value is -3.67. The van der Waals surface area contributed by atoms with Gasteiger partial charge in [-0.15, -0.1) is 0 Å². The van der Waals surface area contributed by atoms with E-state index >= 15 is 0 Å². The van der Waals surface area contributed by atoms with Gasteiger partial charge in [-0.1, -0.05) is 18.2 Å². The minimum Gasteiger partial charge on any atom is -0.457 e. The molecule has 0 atom stereocenters. The molecule has 2 aromatic carbocycles. The fraction of sp³-hybridized carbons (Fsp3) is 0. The van der Waals surface area contributed by atoms with Gasteiger partial charge in [0.05, 0.1) is 5.52 Å². The van der Waals surface area contributed by atoms with Gasteiger partial charge < -0.3 is 15.0 Å². The zero-order chi connectivity index (χ0) is 17.1. The van der Waals surface area contributed by atoms with Crippen molar-refractivity contribution in [2.24, 2.45) is 0 Å². The average molecular weight is 330 g/mol. The van der Waals surface area contributed by atoms with Crippen molar-refractivity contribution in [1.29, 1.82) is 0 Å². The van der Waals surface area contributed by atoms with Crippen LogP contribution in [0.25, 0.3) is 10.9 Å². The highest BCUT2D eigenvalue weighted by Crippen LogP contribution is 2.25. The van der Waals surface area contributed by atoms with Gasteiger partial charge in [0.2, 0.25) is 5.56 Å². The van der Waals surface area contributed by atoms with Crippen molar-refractivity contribution in [3.8, 4) is 11.5 Å². The van der Waals surface area contributed by atoms with E-state index < -0.39 is 0 Å². The summed E-state index contributed by atoms with van der Waals surface area (Å²) in [5, 5.41) is 3.87. The third-order valence-corrected chi connectivity index (χ3v) is 3.64. The zero-order valence-corrected chi connectivity index (χ0v) is 13.1. The molecule has 0 saturated heterocycles. The highest BCUT2D eigenvalue weighted by atomic mass is 16.5. The lowest BCUT2D eigenvalue weighted by molar-refractivity contribution is 0.483. The molecule has 0 unspecified atom stereocenters. The van der Waals surface area contributed by atoms with Crippen LogP contribution in [0.5, 0.6) is 11.5 Å². The molecule has 2 heterocycles. The Morgan fingerprint density at radius 1 is 0.920 bits per heavy atom. The maximum atomic E-state index is 11.6. The molecule has 0 aliphatic rings. The Kier molecular flexibility index (Phi) is 3.84. The van der Waals surface area contributed by atoms with E-state index in [2.05, 4.69) is 20.3 Å². The molecule has 6 nitrogen and oxygen atoms in total. The molecule has 2 N–H and O–H groups in total. The van der Waals surface area contributed by atoms with Gasteiger partial charge in [0.15, 0.2) is 0 Å². The maximum Gasteiger partial charge on any atom is 0.248 e. The van der Waals surface area contributed by atoms with Gasteiger partial charge in [-0.3, -0.25) is 4.79 Å². The summed E-state index contributed by atoms with van der Waals surface area (Å²) in [6.45, 7) is 0. The van der Waals surface area contributed by atoms with Gasteiger partial charge in [-0.2, -0.15) is 0 Å². The van der Waals surface area contributed by atoms with Crippen LogP contribution in [-0.4, -0.2) is 15.0 Å². The molecule has 0 bridgehead atoms. The number of nitrogens with one attached hydrogen (secondary N) is 2. The Bertz CT molecular complexity index is 1060. The first-order valence-corrected chi connectivity index (χ1v) is 7.71. The second-order valence-electron chi connectivity index (χ2n) is 5.38. The SMILES string of the molecule is O=c1cc2c(Nc3ccc(Oc4ccccc4)cc3)ncnc2c[nH]1. The van der Waals surface area contributed by atoms with Gasteiger partial charge in [0.25, 0.3) is 0 Å². The molecule has 4 rings (SSSR count). The lowest BCUT2D eigenvalue weighted by Gasteiger charge is -2.09. The molecule has 0 radical (unpaired) electrons. The fourth-order valence-corrected chi connectivity index (χ4v) is 2.45. The second-order valence-corrected chi connectivity index (χ2v) is 5.38. The van der Waals surface area contributed by atoms with Crippen LogP contribution in [0.3, 0.4) is 0 Å². The predicted molar refractivity (Wildman–Crippen MR) is 96.4 cm³/mol. The normalized spacial score (nSPS) is 10.6. The molecule has 6 heteroatoms. The van der Waals surface area contributed by atoms with Crippen molar-refractivity contribution >= 4 is 22.4 Å². The molecular weight excluding hydrogens is 316 g/mol. The first-order valence-electron chi connectivity index (χ1n) is 7.71. The number of anilines is 2. The van der Waals surface area contributed by atoms with E-state index in [0.29, 0.717) is 16.7 Å². The standard InChI is InChI=1S/C19H14N4O2/c24-18-10-16-17(11-20-18)21-12-22-19(16)23-13-6-8-15(9-7-13)25-14-4-2-1-3-5-14/h1-12H,(H,20,24)(H,21,22,23). The molecule has 0 amide bonds. The summed E-state index contributed by atoms with van der Waals surface area (Å²) in [7, 11) is 0. The summed E-state index contributed by atoms with van der Waals surface area (Å²) in [6.07, 6.45) is 3.02. The van der Waals surface area contributed by atoms with E-state index in [4.69, 9.17) is 4.74 Å². The van der Waals surface area contributed by atoms with Crippen LogP contribution in [-0.2, 0) is 0 Å². The van der Waals surface area contributed by atoms with E-state index in [9.17, 15) is 4.79 Å². The second kappa shape index (κ2) is 6.45. The van der Waals surface area contributed by atoms with Crippen molar-refractivity contribution < 1.29 is 4.74 Å². The van der Waals surface area contributed by atoms with Crippen LogP contribution in [0.1, 0.15) is 0 Å². The van der Waals surface area contributed by atoms with Gasteiger partial charge in [-0.05, 0) is 36.4 Å². The minimum atomic E-state index is -0.197. The van der Waals surface area contributed by atoms with Crippen molar-refractivity contribution in [2.45, 2.75) is 0 Å². The number of para-hydroxylation sites is 1. The molecule has 0 aliphatic carbocycles. The van der Waals surface area contributed by atoms with Crippen LogP contribution in [0, 0.1) is 0 Å². The number of pyridine rings is 1. The molecular formula is C19H14N4O2. The number of nitrogens with zero attached hydrogens (tertiary/aromatic N) is 2. The Balaban J connectivity index is 1.57. The van der Waals surface area contributed by atoms with Gasteiger partial charge in [0.1, 0.15) is 23.6 Å². The van der Waals surface area contributed by atoms with E-state index in [1.807, 2.05) is 54.6 Å². The van der Waals surface area contributed by atoms with E-state index in [1.165, 1.54) is 12.4 Å². The summed E-state index contributed by atoms with van der Waals surface area (Å²) in [6, 6.07) is 18.6. The van der Waals surface area contributed by atoms with Crippen molar-refractivity contribution in [2.75, 3.05) is 5.32 Å². The minimum absolute atomic E-state index is 0.197. The van der Waals surface area contributed by atoms with Gasteiger partial charge in [-0.25, -0.2) is 9.97 Å². The van der Waals surface area contributed by atoms with Crippen LogP contribution < -0.4 is 15.6 Å². The number of H-pyrrole nitrogens is 1. The number of aromatic nitrogens is 3. The van der Waals surface area contributed by atoms with E-state index in [-0.39, 0.29) is 5.56 Å². The number of benzene rings is 2. The number of hydrogen-bond acceptors (Lipinski definition) is 5. The summed E-state index contributed by atoms with van der Waals surface area (Å²) in [5.41, 5.74) is 1.30. The molecule has 25 heavy (non-hydrogen) atoms. The molecule has 2 aromatic heterocycles. The number of hydrogen-bond donors (Lipinski definition) is 2. The van der Waals surface area contributed by atoms with Crippen molar-refractivity contribution in [3.05, 3.63) is 83.5 Å². The highest BCUT2D eigenvalue weighted by molar-refractivity contribution is 5.89. The summed E-state index contributed by atoms with van der Waals surface area (Å²) in [4.78, 5) is 22.5. The summed E-state index contributed by atoms with van der Waals surface area (Å²) < 4.78 is 5.77. The lowest BCUT2D eigenvalue weighted by atomic mass is 10.2. The van der Waals surface area contributed by atoms with Crippen LogP contribution >= 0.6 is 0 Å². The first kappa shape index (κ1) is 14.9. The fourth-order valence-electron chi connectivity index (χ4n) is 2.45. The first-order chi connectivity index (χ1) is 12.3. The summed E-state index contributed by atoms with van der Waals surface area (Å²) in [5.74, 6) is 2.10. The Morgan fingerprint density at radius 2 is 1.68 bits per heavy atom. The lowest BCUT2D eigenvalue weighted by Crippen LogP contribution is -2.05. The highest BCUT2D eigenvalue weighted by Gasteiger charge is 2.05. The Morgan fingerprint density at radius 3 is 2.48 bits per heavy atom. The third kappa shape index (κ3) is 3.32. The molecule has 0 saturated carbocycles. The van der Waals surface area contributed by atoms with Crippen LogP contribution in [0.15, 0.2) is 78.0 Å². The number of aromatic amines is 1. The Labute approximate surface area is 143 Å². The topological polar surface area (TPSA) is 79.9 Å². The van der Waals surface area contributed by atoms with Gasteiger partial charge >= 0.3 is 0 Å². The maximum absolute atomic E-state index is 11.6. The quantitative estimate of drug-likeness (QED) is 0.594. The number of fused-ring (bicyclic) bond motifs is 1. The number of ether oxygens (including phenoxy) is 1. The van der Waals surface area contributed by atoms with Crippen LogP contribution in [0.2, 0.25) is 0 Å². The molecule has 0 fully saturated rings. The molecule has 0 spiro atoms. The molecule has 122 valence electrons. The third-order valence-electron chi connectivity index (χ3n) is 3.64. The molecule has 0 aliphatic heterocycles. The van der Waals surface area contributed by atoms with Gasteiger partial charge in [0, 0.05) is 23.3 Å².